The molecule has 0 atom stereocenters. The smallest absolute Gasteiger partial charge is 0.332 e. The maximum absolute atomic E-state index is 13.1. The van der Waals surface area contributed by atoms with Gasteiger partial charge in [-0.15, -0.1) is 0 Å². The first-order chi connectivity index (χ1) is 12.2. The second-order valence-electron chi connectivity index (χ2n) is 6.11. The standard InChI is InChI=1S/C21H22O4/c1-3-13-24-19(22)21(20(23)25-14-4-2)17-11-7-5-9-15(17)16-10-6-8-12-18(16)21/h5-12H,3-4,13-14H2,1-2H3. The third-order valence-corrected chi connectivity index (χ3v) is 4.44. The summed E-state index contributed by atoms with van der Waals surface area (Å²) in [6.07, 6.45) is 1.38. The van der Waals surface area contributed by atoms with Crippen molar-refractivity contribution in [2.24, 2.45) is 0 Å². The van der Waals surface area contributed by atoms with Crippen molar-refractivity contribution in [2.75, 3.05) is 13.2 Å². The maximum Gasteiger partial charge on any atom is 0.332 e. The molecule has 0 radical (unpaired) electrons. The van der Waals surface area contributed by atoms with Crippen molar-refractivity contribution in [1.82, 2.24) is 0 Å². The Morgan fingerprint density at radius 1 is 0.760 bits per heavy atom. The molecule has 0 amide bonds. The normalized spacial score (nSPS) is 13.7. The Morgan fingerprint density at radius 3 is 1.56 bits per heavy atom. The monoisotopic (exact) mass is 338 g/mol. The summed E-state index contributed by atoms with van der Waals surface area (Å²) in [6, 6.07) is 15.0. The van der Waals surface area contributed by atoms with Gasteiger partial charge in [-0.05, 0) is 35.1 Å². The van der Waals surface area contributed by atoms with Gasteiger partial charge in [0.1, 0.15) is 0 Å². The SMILES string of the molecule is CCCOC(=O)C1(C(=O)OCCC)c2ccccc2-c2ccccc21. The molecule has 0 aliphatic heterocycles. The molecule has 130 valence electrons. The molecule has 0 N–H and O–H groups in total. The largest absolute Gasteiger partial charge is 0.464 e. The van der Waals surface area contributed by atoms with E-state index < -0.39 is 17.4 Å². The Morgan fingerprint density at radius 2 is 1.16 bits per heavy atom. The second kappa shape index (κ2) is 7.09. The molecule has 0 saturated carbocycles. The fourth-order valence-electron chi connectivity index (χ4n) is 3.36. The van der Waals surface area contributed by atoms with Crippen LogP contribution < -0.4 is 0 Å². The van der Waals surface area contributed by atoms with Gasteiger partial charge in [0.15, 0.2) is 0 Å². The van der Waals surface area contributed by atoms with E-state index in [2.05, 4.69) is 0 Å². The topological polar surface area (TPSA) is 52.6 Å². The van der Waals surface area contributed by atoms with Gasteiger partial charge in [-0.2, -0.15) is 0 Å². The molecule has 1 aliphatic rings. The minimum atomic E-state index is -1.54. The molecule has 0 unspecified atom stereocenters. The Kier molecular flexibility index (Phi) is 4.88. The zero-order chi connectivity index (χ0) is 17.9. The van der Waals surface area contributed by atoms with Crippen LogP contribution in [0.2, 0.25) is 0 Å². The lowest BCUT2D eigenvalue weighted by Crippen LogP contribution is -2.46. The lowest BCUT2D eigenvalue weighted by atomic mass is 9.78. The molecule has 0 fully saturated rings. The summed E-state index contributed by atoms with van der Waals surface area (Å²) in [5.41, 5.74) is 1.48. The summed E-state index contributed by atoms with van der Waals surface area (Å²) < 4.78 is 10.9. The first-order valence-electron chi connectivity index (χ1n) is 8.71. The molecule has 0 saturated heterocycles. The minimum absolute atomic E-state index is 0.270. The van der Waals surface area contributed by atoms with Crippen molar-refractivity contribution in [3.8, 4) is 11.1 Å². The second-order valence-corrected chi connectivity index (χ2v) is 6.11. The lowest BCUT2D eigenvalue weighted by molar-refractivity contribution is -0.162. The number of ether oxygens (including phenoxy) is 2. The van der Waals surface area contributed by atoms with Crippen LogP contribution in [0.5, 0.6) is 0 Å². The van der Waals surface area contributed by atoms with E-state index in [1.54, 1.807) is 0 Å². The van der Waals surface area contributed by atoms with Crippen LogP contribution >= 0.6 is 0 Å². The summed E-state index contributed by atoms with van der Waals surface area (Å²) in [7, 11) is 0. The van der Waals surface area contributed by atoms with Crippen LogP contribution in [0.3, 0.4) is 0 Å². The van der Waals surface area contributed by atoms with Crippen molar-refractivity contribution in [1.29, 1.82) is 0 Å². The molecule has 0 bridgehead atoms. The van der Waals surface area contributed by atoms with E-state index in [-0.39, 0.29) is 13.2 Å². The van der Waals surface area contributed by atoms with Crippen LogP contribution in [-0.4, -0.2) is 25.2 Å². The van der Waals surface area contributed by atoms with Gasteiger partial charge in [0, 0.05) is 0 Å². The zero-order valence-corrected chi connectivity index (χ0v) is 14.6. The first kappa shape index (κ1) is 17.2. The van der Waals surface area contributed by atoms with E-state index in [1.165, 1.54) is 0 Å². The third-order valence-electron chi connectivity index (χ3n) is 4.44. The fraction of sp³-hybridized carbons (Fsp3) is 0.333. The van der Waals surface area contributed by atoms with Gasteiger partial charge in [-0.1, -0.05) is 62.4 Å². The molecule has 1 aliphatic carbocycles. The molecule has 4 nitrogen and oxygen atoms in total. The number of fused-ring (bicyclic) bond motifs is 3. The number of rotatable bonds is 6. The van der Waals surface area contributed by atoms with E-state index in [1.807, 2.05) is 62.4 Å². The van der Waals surface area contributed by atoms with Crippen molar-refractivity contribution in [3.63, 3.8) is 0 Å². The van der Waals surface area contributed by atoms with E-state index in [4.69, 9.17) is 9.47 Å². The quantitative estimate of drug-likeness (QED) is 0.593. The number of esters is 2. The molecular formula is C21H22O4. The van der Waals surface area contributed by atoms with Gasteiger partial charge in [0.25, 0.3) is 0 Å². The third kappa shape index (κ3) is 2.62. The average Bonchev–Trinajstić information content (AvgIpc) is 2.96. The van der Waals surface area contributed by atoms with Crippen LogP contribution in [-0.2, 0) is 24.5 Å². The van der Waals surface area contributed by atoms with E-state index >= 15 is 0 Å². The minimum Gasteiger partial charge on any atom is -0.464 e. The summed E-state index contributed by atoms with van der Waals surface area (Å²) >= 11 is 0. The molecule has 25 heavy (non-hydrogen) atoms. The van der Waals surface area contributed by atoms with Crippen molar-refractivity contribution in [2.45, 2.75) is 32.1 Å². The van der Waals surface area contributed by atoms with Gasteiger partial charge in [-0.25, -0.2) is 0 Å². The number of benzene rings is 2. The number of hydrogen-bond acceptors (Lipinski definition) is 4. The average molecular weight is 338 g/mol. The predicted octanol–water partition coefficient (Wildman–Crippen LogP) is 3.86. The summed E-state index contributed by atoms with van der Waals surface area (Å²) in [5, 5.41) is 0. The van der Waals surface area contributed by atoms with E-state index in [0.29, 0.717) is 24.0 Å². The maximum atomic E-state index is 13.1. The predicted molar refractivity (Wildman–Crippen MR) is 95.2 cm³/mol. The Balaban J connectivity index is 2.23. The fourth-order valence-corrected chi connectivity index (χ4v) is 3.36. The molecule has 2 aromatic carbocycles. The number of carbonyl (C=O) groups is 2. The van der Waals surface area contributed by atoms with Crippen LogP contribution in [0, 0.1) is 0 Å². The Hall–Kier alpha value is -2.62. The summed E-state index contributed by atoms with van der Waals surface area (Å²) in [6.45, 7) is 4.38. The zero-order valence-electron chi connectivity index (χ0n) is 14.6. The highest BCUT2D eigenvalue weighted by molar-refractivity contribution is 6.15. The van der Waals surface area contributed by atoms with Crippen LogP contribution in [0.1, 0.15) is 37.8 Å². The van der Waals surface area contributed by atoms with Crippen molar-refractivity contribution < 1.29 is 19.1 Å². The highest BCUT2D eigenvalue weighted by Crippen LogP contribution is 2.50. The van der Waals surface area contributed by atoms with Gasteiger partial charge in [0.2, 0.25) is 5.41 Å². The number of hydrogen-bond donors (Lipinski definition) is 0. The van der Waals surface area contributed by atoms with Crippen molar-refractivity contribution in [3.05, 3.63) is 59.7 Å². The molecule has 0 spiro atoms. The highest BCUT2D eigenvalue weighted by Gasteiger charge is 2.57. The van der Waals surface area contributed by atoms with E-state index in [0.717, 1.165) is 11.1 Å². The molecule has 0 heterocycles. The van der Waals surface area contributed by atoms with Crippen molar-refractivity contribution >= 4 is 11.9 Å². The summed E-state index contributed by atoms with van der Waals surface area (Å²) in [5.74, 6) is -1.12. The van der Waals surface area contributed by atoms with Crippen LogP contribution in [0.4, 0.5) is 0 Å². The van der Waals surface area contributed by atoms with Gasteiger partial charge < -0.3 is 9.47 Å². The number of carbonyl (C=O) groups excluding carboxylic acids is 2. The molecule has 0 aromatic heterocycles. The Labute approximate surface area is 147 Å². The molecule has 3 rings (SSSR count). The highest BCUT2D eigenvalue weighted by atomic mass is 16.6. The van der Waals surface area contributed by atoms with E-state index in [9.17, 15) is 9.59 Å². The van der Waals surface area contributed by atoms with Gasteiger partial charge in [0.05, 0.1) is 13.2 Å². The van der Waals surface area contributed by atoms with Gasteiger partial charge >= 0.3 is 11.9 Å². The molecule has 2 aromatic rings. The first-order valence-corrected chi connectivity index (χ1v) is 8.71. The summed E-state index contributed by atoms with van der Waals surface area (Å²) in [4.78, 5) is 26.3. The molecule has 4 heteroatoms. The van der Waals surface area contributed by atoms with Gasteiger partial charge in [-0.3, -0.25) is 9.59 Å². The van der Waals surface area contributed by atoms with Crippen LogP contribution in [0.15, 0.2) is 48.5 Å². The molecular weight excluding hydrogens is 316 g/mol. The Bertz CT molecular complexity index is 726. The lowest BCUT2D eigenvalue weighted by Gasteiger charge is -2.27. The van der Waals surface area contributed by atoms with Crippen LogP contribution in [0.25, 0.3) is 11.1 Å².